The molecule has 1 aliphatic rings. The van der Waals surface area contributed by atoms with E-state index in [2.05, 4.69) is 0 Å². The van der Waals surface area contributed by atoms with Crippen LogP contribution >= 0.6 is 11.8 Å². The predicted molar refractivity (Wildman–Crippen MR) is 82.0 cm³/mol. The molecule has 0 amide bonds. The van der Waals surface area contributed by atoms with Crippen molar-refractivity contribution in [3.63, 3.8) is 0 Å². The Bertz CT molecular complexity index is 646. The standard InChI is InChI=1S/C14H14N2O7S/c1-21-14-11(17)12(24-7-15)10(23-14)6-22-13(18)8-2-4-9(5-3-8)16(19)20/h2-5,10-12,14,17H,6H2,1H3/t10-,11+,12+,14-/m0/s1. The van der Waals surface area contributed by atoms with E-state index in [0.29, 0.717) is 0 Å². The highest BCUT2D eigenvalue weighted by Gasteiger charge is 2.45. The molecule has 0 saturated carbocycles. The van der Waals surface area contributed by atoms with E-state index in [9.17, 15) is 20.0 Å². The van der Waals surface area contributed by atoms with Crippen molar-refractivity contribution >= 4 is 23.4 Å². The highest BCUT2D eigenvalue weighted by Crippen LogP contribution is 2.31. The van der Waals surface area contributed by atoms with Crippen LogP contribution in [0.2, 0.25) is 0 Å². The van der Waals surface area contributed by atoms with Gasteiger partial charge in [-0.1, -0.05) is 0 Å². The number of carbonyl (C=O) groups is 1. The van der Waals surface area contributed by atoms with Gasteiger partial charge in [-0.15, -0.1) is 0 Å². The Morgan fingerprint density at radius 1 is 1.50 bits per heavy atom. The third kappa shape index (κ3) is 4.01. The van der Waals surface area contributed by atoms with Gasteiger partial charge in [-0.25, -0.2) is 4.79 Å². The largest absolute Gasteiger partial charge is 0.459 e. The number of thiocyanates is 1. The first-order chi connectivity index (χ1) is 11.5. The fourth-order valence-electron chi connectivity index (χ4n) is 2.20. The second kappa shape index (κ2) is 8.07. The summed E-state index contributed by atoms with van der Waals surface area (Å²) in [7, 11) is 1.35. The SMILES string of the molecule is CO[C@H]1O[C@@H](COC(=O)c2ccc([N+](=O)[O-])cc2)[C@@H](SC#N)[C@H]1O. The topological polar surface area (TPSA) is 132 Å². The van der Waals surface area contributed by atoms with Crippen LogP contribution in [-0.2, 0) is 14.2 Å². The summed E-state index contributed by atoms with van der Waals surface area (Å²) in [4.78, 5) is 22.0. The lowest BCUT2D eigenvalue weighted by molar-refractivity contribution is -0.384. The minimum Gasteiger partial charge on any atom is -0.459 e. The van der Waals surface area contributed by atoms with Crippen molar-refractivity contribution in [2.45, 2.75) is 23.7 Å². The lowest BCUT2D eigenvalue weighted by atomic mass is 10.2. The number of rotatable bonds is 6. The minimum atomic E-state index is -1.03. The van der Waals surface area contributed by atoms with Gasteiger partial charge in [0.1, 0.15) is 24.2 Å². The first kappa shape index (κ1) is 18.2. The van der Waals surface area contributed by atoms with Crippen molar-refractivity contribution in [1.29, 1.82) is 5.26 Å². The number of nitrogens with zero attached hydrogens (tertiary/aromatic N) is 2. The van der Waals surface area contributed by atoms with Crippen molar-refractivity contribution in [3.05, 3.63) is 39.9 Å². The van der Waals surface area contributed by atoms with Crippen LogP contribution in [0.4, 0.5) is 5.69 Å². The first-order valence-corrected chi connectivity index (χ1v) is 7.68. The van der Waals surface area contributed by atoms with E-state index in [4.69, 9.17) is 19.5 Å². The lowest BCUT2D eigenvalue weighted by Crippen LogP contribution is -2.32. The number of nitro benzene ring substituents is 1. The molecule has 24 heavy (non-hydrogen) atoms. The molecule has 1 heterocycles. The average molecular weight is 354 g/mol. The Balaban J connectivity index is 1.97. The number of hydrogen-bond donors (Lipinski definition) is 1. The molecule has 1 aromatic carbocycles. The number of ether oxygens (including phenoxy) is 3. The quantitative estimate of drug-likeness (QED) is 0.345. The molecular formula is C14H14N2O7S. The Morgan fingerprint density at radius 3 is 2.71 bits per heavy atom. The van der Waals surface area contributed by atoms with Crippen molar-refractivity contribution in [2.75, 3.05) is 13.7 Å². The molecule has 128 valence electrons. The van der Waals surface area contributed by atoms with Crippen LogP contribution in [0.25, 0.3) is 0 Å². The molecule has 0 unspecified atom stereocenters. The molecule has 0 aromatic heterocycles. The third-order valence-corrected chi connectivity index (χ3v) is 4.36. The predicted octanol–water partition coefficient (Wildman–Crippen LogP) is 1.07. The second-order valence-electron chi connectivity index (χ2n) is 4.85. The van der Waals surface area contributed by atoms with E-state index >= 15 is 0 Å². The Kier molecular flexibility index (Phi) is 6.10. The number of aliphatic hydroxyl groups is 1. The number of non-ortho nitro benzene ring substituents is 1. The van der Waals surface area contributed by atoms with Gasteiger partial charge < -0.3 is 19.3 Å². The summed E-state index contributed by atoms with van der Waals surface area (Å²) in [6.07, 6.45) is -2.64. The molecule has 4 atom stereocenters. The normalized spacial score (nSPS) is 25.9. The smallest absolute Gasteiger partial charge is 0.338 e. The van der Waals surface area contributed by atoms with Gasteiger partial charge in [0, 0.05) is 19.2 Å². The Labute approximate surface area is 141 Å². The summed E-state index contributed by atoms with van der Waals surface area (Å²) in [6.45, 7) is -0.188. The van der Waals surface area contributed by atoms with Crippen LogP contribution in [0.3, 0.4) is 0 Å². The molecule has 1 saturated heterocycles. The van der Waals surface area contributed by atoms with Crippen LogP contribution < -0.4 is 0 Å². The molecule has 9 nitrogen and oxygen atoms in total. The molecule has 0 bridgehead atoms. The second-order valence-corrected chi connectivity index (χ2v) is 5.81. The van der Waals surface area contributed by atoms with Gasteiger partial charge in [0.05, 0.1) is 15.7 Å². The van der Waals surface area contributed by atoms with E-state index < -0.39 is 34.6 Å². The maximum atomic E-state index is 12.0. The number of nitro groups is 1. The van der Waals surface area contributed by atoms with Crippen molar-refractivity contribution in [2.24, 2.45) is 0 Å². The van der Waals surface area contributed by atoms with Crippen LogP contribution in [-0.4, -0.2) is 53.5 Å². The minimum absolute atomic E-state index is 0.137. The summed E-state index contributed by atoms with van der Waals surface area (Å²) >= 11 is 0.811. The molecule has 0 radical (unpaired) electrons. The van der Waals surface area contributed by atoms with E-state index in [0.717, 1.165) is 11.8 Å². The van der Waals surface area contributed by atoms with Gasteiger partial charge in [-0.2, -0.15) is 5.26 Å². The van der Waals surface area contributed by atoms with Crippen LogP contribution in [0.15, 0.2) is 24.3 Å². The Hall–Kier alpha value is -2.19. The highest BCUT2D eigenvalue weighted by molar-refractivity contribution is 8.04. The molecule has 10 heteroatoms. The lowest BCUT2D eigenvalue weighted by Gasteiger charge is -2.16. The fraction of sp³-hybridized carbons (Fsp3) is 0.429. The van der Waals surface area contributed by atoms with E-state index in [1.165, 1.54) is 31.4 Å². The van der Waals surface area contributed by atoms with E-state index in [1.807, 2.05) is 5.40 Å². The van der Waals surface area contributed by atoms with Gasteiger partial charge in [0.15, 0.2) is 6.29 Å². The molecule has 0 spiro atoms. The number of nitriles is 1. The highest BCUT2D eigenvalue weighted by atomic mass is 32.2. The third-order valence-electron chi connectivity index (χ3n) is 3.40. The number of hydrogen-bond acceptors (Lipinski definition) is 9. The molecule has 1 aromatic rings. The fourth-order valence-corrected chi connectivity index (χ4v) is 2.88. The summed E-state index contributed by atoms with van der Waals surface area (Å²) in [5.41, 5.74) is 0.00847. The maximum absolute atomic E-state index is 12.0. The zero-order valence-electron chi connectivity index (χ0n) is 12.5. The zero-order chi connectivity index (χ0) is 17.7. The van der Waals surface area contributed by atoms with Crippen molar-refractivity contribution in [1.82, 2.24) is 0 Å². The summed E-state index contributed by atoms with van der Waals surface area (Å²) in [6, 6.07) is 4.96. The molecule has 2 rings (SSSR count). The van der Waals surface area contributed by atoms with Gasteiger partial charge in [-0.3, -0.25) is 10.1 Å². The Morgan fingerprint density at radius 2 is 2.17 bits per heavy atom. The number of thioether (sulfide) groups is 1. The van der Waals surface area contributed by atoms with Crippen molar-refractivity contribution < 1.29 is 29.0 Å². The average Bonchev–Trinajstić information content (AvgIpc) is 2.89. The molecular weight excluding hydrogens is 340 g/mol. The number of benzene rings is 1. The van der Waals surface area contributed by atoms with Crippen LogP contribution in [0.5, 0.6) is 0 Å². The van der Waals surface area contributed by atoms with Gasteiger partial charge in [-0.05, 0) is 23.9 Å². The zero-order valence-corrected chi connectivity index (χ0v) is 13.3. The van der Waals surface area contributed by atoms with E-state index in [1.54, 1.807) is 0 Å². The monoisotopic (exact) mass is 354 g/mol. The van der Waals surface area contributed by atoms with Crippen LogP contribution in [0.1, 0.15) is 10.4 Å². The van der Waals surface area contributed by atoms with Crippen molar-refractivity contribution in [3.8, 4) is 5.40 Å². The number of esters is 1. The summed E-state index contributed by atoms with van der Waals surface area (Å²) < 4.78 is 15.5. The summed E-state index contributed by atoms with van der Waals surface area (Å²) in [5.74, 6) is -0.690. The van der Waals surface area contributed by atoms with Gasteiger partial charge in [0.2, 0.25) is 0 Å². The maximum Gasteiger partial charge on any atom is 0.338 e. The number of aliphatic hydroxyl groups excluding tert-OH is 1. The van der Waals surface area contributed by atoms with Crippen LogP contribution in [0, 0.1) is 20.8 Å². The van der Waals surface area contributed by atoms with Gasteiger partial charge >= 0.3 is 5.97 Å². The molecule has 1 fully saturated rings. The molecule has 0 aliphatic carbocycles. The summed E-state index contributed by atoms with van der Waals surface area (Å²) in [5, 5.41) is 30.6. The first-order valence-electron chi connectivity index (χ1n) is 6.80. The molecule has 1 aliphatic heterocycles. The van der Waals surface area contributed by atoms with E-state index in [-0.39, 0.29) is 17.9 Å². The number of carbonyl (C=O) groups excluding carboxylic acids is 1. The molecule has 1 N–H and O–H groups in total. The number of methoxy groups -OCH3 is 1. The van der Waals surface area contributed by atoms with Gasteiger partial charge in [0.25, 0.3) is 5.69 Å².